The van der Waals surface area contributed by atoms with Crippen LogP contribution in [-0.2, 0) is 32.2 Å². The number of benzene rings is 2. The molecule has 0 aliphatic rings. The van der Waals surface area contributed by atoms with Gasteiger partial charge in [0.1, 0.15) is 0 Å². The molecule has 0 saturated heterocycles. The fraction of sp³-hybridized carbons (Fsp3) is 0.286. The van der Waals surface area contributed by atoms with E-state index in [-0.39, 0.29) is 28.1 Å². The minimum absolute atomic E-state index is 0.0181. The molecule has 0 aliphatic carbocycles. The molecule has 1 heterocycles. The average molecular weight is 470 g/mol. The van der Waals surface area contributed by atoms with Gasteiger partial charge in [-0.2, -0.15) is 13.2 Å². The van der Waals surface area contributed by atoms with Crippen LogP contribution in [0.5, 0.6) is 0 Å². The van der Waals surface area contributed by atoms with Crippen molar-refractivity contribution in [1.82, 2.24) is 4.57 Å². The first kappa shape index (κ1) is 23.6. The molecule has 0 radical (unpaired) electrons. The molecule has 2 N–H and O–H groups in total. The third-order valence-corrected chi connectivity index (χ3v) is 6.34. The smallest absolute Gasteiger partial charge is 0.432 e. The van der Waals surface area contributed by atoms with Crippen LogP contribution in [0.2, 0.25) is 0 Å². The molecule has 32 heavy (non-hydrogen) atoms. The Morgan fingerprint density at radius 2 is 1.78 bits per heavy atom. The van der Waals surface area contributed by atoms with E-state index in [1.165, 1.54) is 48.9 Å². The standard InChI is InChI=1S/C21H21F3N2O5S/c1-4-31-19(27)20(28,21(22,23)24)17-12-26(3)18-11-14(7-10-16(17)18)25-32(29,30)15-8-5-13(2)6-9-15/h5-12,25,28H,4H2,1-3H3. The van der Waals surface area contributed by atoms with Crippen LogP contribution >= 0.6 is 0 Å². The molecule has 7 nitrogen and oxygen atoms in total. The number of nitrogens with zero attached hydrogens (tertiary/aromatic N) is 1. The van der Waals surface area contributed by atoms with E-state index < -0.39 is 33.3 Å². The van der Waals surface area contributed by atoms with Crippen molar-refractivity contribution in [2.45, 2.75) is 30.5 Å². The van der Waals surface area contributed by atoms with Gasteiger partial charge in [0.25, 0.3) is 15.6 Å². The average Bonchev–Trinajstić information content (AvgIpc) is 3.03. The Labute approximate surface area is 182 Å². The molecule has 0 bridgehead atoms. The quantitative estimate of drug-likeness (QED) is 0.537. The number of carbonyl (C=O) groups excluding carboxylic acids is 1. The first-order chi connectivity index (χ1) is 14.8. The van der Waals surface area contributed by atoms with Crippen LogP contribution in [0.25, 0.3) is 10.9 Å². The molecule has 2 aromatic carbocycles. The summed E-state index contributed by atoms with van der Waals surface area (Å²) in [5.74, 6) is -1.84. The van der Waals surface area contributed by atoms with E-state index in [9.17, 15) is 31.5 Å². The Morgan fingerprint density at radius 3 is 2.34 bits per heavy atom. The van der Waals surface area contributed by atoms with Crippen LogP contribution in [0.4, 0.5) is 18.9 Å². The number of anilines is 1. The highest BCUT2D eigenvalue weighted by atomic mass is 32.2. The lowest BCUT2D eigenvalue weighted by Crippen LogP contribution is -2.50. The molecule has 3 aromatic rings. The van der Waals surface area contributed by atoms with Gasteiger partial charge < -0.3 is 14.4 Å². The first-order valence-electron chi connectivity index (χ1n) is 9.46. The van der Waals surface area contributed by atoms with Gasteiger partial charge in [0, 0.05) is 24.2 Å². The molecule has 1 aromatic heterocycles. The highest BCUT2D eigenvalue weighted by Gasteiger charge is 2.63. The van der Waals surface area contributed by atoms with Crippen LogP contribution < -0.4 is 4.72 Å². The Morgan fingerprint density at radius 1 is 1.16 bits per heavy atom. The van der Waals surface area contributed by atoms with E-state index in [4.69, 9.17) is 0 Å². The largest absolute Gasteiger partial charge is 0.463 e. The zero-order chi connectivity index (χ0) is 23.9. The lowest BCUT2D eigenvalue weighted by atomic mass is 9.92. The predicted molar refractivity (Wildman–Crippen MR) is 111 cm³/mol. The highest BCUT2D eigenvalue weighted by Crippen LogP contribution is 2.43. The van der Waals surface area contributed by atoms with Crippen LogP contribution in [0.15, 0.2) is 53.6 Å². The summed E-state index contributed by atoms with van der Waals surface area (Å²) in [4.78, 5) is 12.1. The minimum atomic E-state index is -5.35. The number of fused-ring (bicyclic) bond motifs is 1. The Balaban J connectivity index is 2.08. The number of carbonyl (C=O) groups is 1. The molecule has 11 heteroatoms. The Bertz CT molecular complexity index is 1270. The molecular formula is C21H21F3N2O5S. The fourth-order valence-electron chi connectivity index (χ4n) is 3.28. The molecule has 0 saturated carbocycles. The summed E-state index contributed by atoms with van der Waals surface area (Å²) < 4.78 is 74.7. The van der Waals surface area contributed by atoms with Gasteiger partial charge in [-0.05, 0) is 38.1 Å². The Hall–Kier alpha value is -3.05. The summed E-state index contributed by atoms with van der Waals surface area (Å²) in [6.45, 7) is 2.78. The van der Waals surface area contributed by atoms with Crippen LogP contribution in [0.1, 0.15) is 18.1 Å². The fourth-order valence-corrected chi connectivity index (χ4v) is 4.33. The zero-order valence-corrected chi connectivity index (χ0v) is 18.2. The third-order valence-electron chi connectivity index (χ3n) is 4.95. The van der Waals surface area contributed by atoms with Gasteiger partial charge in [-0.3, -0.25) is 4.72 Å². The van der Waals surface area contributed by atoms with Gasteiger partial charge >= 0.3 is 12.1 Å². The second kappa shape index (κ2) is 8.14. The van der Waals surface area contributed by atoms with Crippen molar-refractivity contribution in [3.05, 3.63) is 59.8 Å². The van der Waals surface area contributed by atoms with E-state index in [1.54, 1.807) is 12.1 Å². The number of rotatable bonds is 6. The van der Waals surface area contributed by atoms with Crippen LogP contribution in [0, 0.1) is 6.92 Å². The second-order valence-corrected chi connectivity index (χ2v) is 8.92. The summed E-state index contributed by atoms with van der Waals surface area (Å²) >= 11 is 0. The van der Waals surface area contributed by atoms with Crippen molar-refractivity contribution in [3.63, 3.8) is 0 Å². The van der Waals surface area contributed by atoms with E-state index >= 15 is 0 Å². The van der Waals surface area contributed by atoms with Crippen molar-refractivity contribution >= 4 is 32.6 Å². The topological polar surface area (TPSA) is 97.6 Å². The second-order valence-electron chi connectivity index (χ2n) is 7.23. The lowest BCUT2D eigenvalue weighted by molar-refractivity contribution is -0.267. The van der Waals surface area contributed by atoms with Crippen molar-refractivity contribution < 1.29 is 36.2 Å². The number of aromatic nitrogens is 1. The summed E-state index contributed by atoms with van der Waals surface area (Å²) in [7, 11) is -2.53. The number of esters is 1. The van der Waals surface area contributed by atoms with E-state index in [1.807, 2.05) is 6.92 Å². The first-order valence-corrected chi connectivity index (χ1v) is 10.9. The maximum absolute atomic E-state index is 13.8. The molecule has 3 rings (SSSR count). The van der Waals surface area contributed by atoms with E-state index in [0.29, 0.717) is 0 Å². The van der Waals surface area contributed by atoms with Crippen molar-refractivity contribution in [1.29, 1.82) is 0 Å². The van der Waals surface area contributed by atoms with Crippen LogP contribution in [0.3, 0.4) is 0 Å². The van der Waals surface area contributed by atoms with Gasteiger partial charge in [-0.25, -0.2) is 13.2 Å². The molecule has 0 spiro atoms. The summed E-state index contributed by atoms with van der Waals surface area (Å²) in [6.07, 6.45) is -4.38. The number of ether oxygens (including phenoxy) is 1. The van der Waals surface area contributed by atoms with Gasteiger partial charge in [-0.1, -0.05) is 23.8 Å². The van der Waals surface area contributed by atoms with Crippen molar-refractivity contribution in [2.75, 3.05) is 11.3 Å². The molecule has 0 fully saturated rings. The molecule has 1 unspecified atom stereocenters. The highest BCUT2D eigenvalue weighted by molar-refractivity contribution is 7.92. The number of sulfonamides is 1. The molecule has 0 amide bonds. The van der Waals surface area contributed by atoms with Crippen LogP contribution in [-0.4, -0.2) is 36.8 Å². The third kappa shape index (κ3) is 4.05. The van der Waals surface area contributed by atoms with Gasteiger partial charge in [0.05, 0.1) is 22.7 Å². The number of hydrogen-bond donors (Lipinski definition) is 2. The molecule has 0 aliphatic heterocycles. The van der Waals surface area contributed by atoms with Gasteiger partial charge in [-0.15, -0.1) is 0 Å². The van der Waals surface area contributed by atoms with Crippen molar-refractivity contribution in [3.8, 4) is 0 Å². The lowest BCUT2D eigenvalue weighted by Gasteiger charge is -2.27. The van der Waals surface area contributed by atoms with Crippen molar-refractivity contribution in [2.24, 2.45) is 7.05 Å². The van der Waals surface area contributed by atoms with E-state index in [0.717, 1.165) is 11.8 Å². The number of aliphatic hydroxyl groups is 1. The number of alkyl halides is 3. The maximum Gasteiger partial charge on any atom is 0.432 e. The zero-order valence-electron chi connectivity index (χ0n) is 17.4. The number of aryl methyl sites for hydroxylation is 2. The normalized spacial score (nSPS) is 14.2. The number of nitrogens with one attached hydrogen (secondary N) is 1. The predicted octanol–water partition coefficient (Wildman–Crippen LogP) is 3.60. The van der Waals surface area contributed by atoms with E-state index in [2.05, 4.69) is 9.46 Å². The molecular weight excluding hydrogens is 449 g/mol. The maximum atomic E-state index is 13.8. The number of hydrogen-bond acceptors (Lipinski definition) is 5. The summed E-state index contributed by atoms with van der Waals surface area (Å²) in [5.41, 5.74) is -3.46. The molecule has 172 valence electrons. The summed E-state index contributed by atoms with van der Waals surface area (Å²) in [5, 5.41) is 10.3. The monoisotopic (exact) mass is 470 g/mol. The minimum Gasteiger partial charge on any atom is -0.463 e. The Kier molecular flexibility index (Phi) is 6.00. The number of halogens is 3. The SMILES string of the molecule is CCOC(=O)C(O)(c1cn(C)c2cc(NS(=O)(=O)c3ccc(C)cc3)ccc12)C(F)(F)F. The van der Waals surface area contributed by atoms with Gasteiger partial charge in [0.15, 0.2) is 0 Å². The summed E-state index contributed by atoms with van der Waals surface area (Å²) in [6, 6.07) is 9.89. The molecule has 1 atom stereocenters. The van der Waals surface area contributed by atoms with Gasteiger partial charge in [0.2, 0.25) is 0 Å².